The predicted octanol–water partition coefficient (Wildman–Crippen LogP) is 3.71. The molecule has 0 aliphatic rings. The van der Waals surface area contributed by atoms with E-state index in [-0.39, 0.29) is 0 Å². The number of rotatable bonds is 1. The smallest absolute Gasteiger partial charge is 0.145 e. The highest BCUT2D eigenvalue weighted by molar-refractivity contribution is 7.21. The molecular formula is C15H8N3S. The van der Waals surface area contributed by atoms with Crippen molar-refractivity contribution in [3.8, 4) is 10.7 Å². The summed E-state index contributed by atoms with van der Waals surface area (Å²) in [5, 5.41) is 0.861. The SMILES string of the molecule is [c]1nc2ccccc2nc1-c1nc2ccccc2s1. The number of benzene rings is 2. The van der Waals surface area contributed by atoms with E-state index in [0.29, 0.717) is 5.69 Å². The number of hydrogen-bond acceptors (Lipinski definition) is 4. The molecule has 2 heterocycles. The molecule has 89 valence electrons. The second-order valence-electron chi connectivity index (χ2n) is 4.16. The van der Waals surface area contributed by atoms with E-state index in [1.165, 1.54) is 0 Å². The first-order valence-corrected chi connectivity index (χ1v) is 6.72. The fraction of sp³-hybridized carbons (Fsp3) is 0. The van der Waals surface area contributed by atoms with Crippen LogP contribution >= 0.6 is 11.3 Å². The molecule has 3 nitrogen and oxygen atoms in total. The van der Waals surface area contributed by atoms with Gasteiger partial charge in [-0.3, -0.25) is 0 Å². The lowest BCUT2D eigenvalue weighted by molar-refractivity contribution is 1.27. The summed E-state index contributed by atoms with van der Waals surface area (Å²) in [6.07, 6.45) is 2.98. The van der Waals surface area contributed by atoms with Gasteiger partial charge in [0.2, 0.25) is 0 Å². The molecule has 0 fully saturated rings. The molecule has 4 heteroatoms. The van der Waals surface area contributed by atoms with Crippen LogP contribution in [0.1, 0.15) is 0 Å². The lowest BCUT2D eigenvalue weighted by atomic mass is 10.3. The number of thiazole rings is 1. The average molecular weight is 262 g/mol. The maximum absolute atomic E-state index is 4.57. The molecule has 2 aromatic heterocycles. The fourth-order valence-corrected chi connectivity index (χ4v) is 2.89. The van der Waals surface area contributed by atoms with Gasteiger partial charge >= 0.3 is 0 Å². The predicted molar refractivity (Wildman–Crippen MR) is 77.0 cm³/mol. The first-order chi connectivity index (χ1) is 9.40. The van der Waals surface area contributed by atoms with Gasteiger partial charge in [0.15, 0.2) is 0 Å². The molecule has 0 amide bonds. The number of aromatic nitrogens is 3. The molecule has 0 N–H and O–H groups in total. The van der Waals surface area contributed by atoms with Crippen molar-refractivity contribution in [2.45, 2.75) is 0 Å². The zero-order valence-corrected chi connectivity index (χ0v) is 10.7. The Bertz CT molecular complexity index is 849. The van der Waals surface area contributed by atoms with Crippen LogP contribution in [0.15, 0.2) is 48.5 Å². The highest BCUT2D eigenvalue weighted by atomic mass is 32.1. The lowest BCUT2D eigenvalue weighted by Crippen LogP contribution is -1.88. The van der Waals surface area contributed by atoms with Gasteiger partial charge in [-0.25, -0.2) is 15.0 Å². The van der Waals surface area contributed by atoms with Gasteiger partial charge in [0.1, 0.15) is 16.9 Å². The third kappa shape index (κ3) is 1.77. The topological polar surface area (TPSA) is 38.7 Å². The van der Waals surface area contributed by atoms with Crippen molar-refractivity contribution in [3.63, 3.8) is 0 Å². The third-order valence-electron chi connectivity index (χ3n) is 2.89. The van der Waals surface area contributed by atoms with Crippen LogP contribution in [0, 0.1) is 6.20 Å². The molecular weight excluding hydrogens is 254 g/mol. The van der Waals surface area contributed by atoms with Gasteiger partial charge in [0.05, 0.1) is 21.3 Å². The Hall–Kier alpha value is -2.33. The van der Waals surface area contributed by atoms with Crippen LogP contribution in [-0.4, -0.2) is 15.0 Å². The Morgan fingerprint density at radius 2 is 1.53 bits per heavy atom. The van der Waals surface area contributed by atoms with Gasteiger partial charge in [0, 0.05) is 0 Å². The normalized spacial score (nSPS) is 11.2. The molecule has 1 radical (unpaired) electrons. The van der Waals surface area contributed by atoms with Gasteiger partial charge in [-0.2, -0.15) is 0 Å². The first kappa shape index (κ1) is 10.6. The number of fused-ring (bicyclic) bond motifs is 2. The molecule has 0 atom stereocenters. The molecule has 0 spiro atoms. The quantitative estimate of drug-likeness (QED) is 0.525. The fourth-order valence-electron chi connectivity index (χ4n) is 1.98. The van der Waals surface area contributed by atoms with Crippen molar-refractivity contribution in [2.75, 3.05) is 0 Å². The highest BCUT2D eigenvalue weighted by Crippen LogP contribution is 2.28. The van der Waals surface area contributed by atoms with Gasteiger partial charge in [-0.05, 0) is 24.3 Å². The van der Waals surface area contributed by atoms with E-state index in [1.54, 1.807) is 11.3 Å². The lowest BCUT2D eigenvalue weighted by Gasteiger charge is -1.97. The molecule has 0 unspecified atom stereocenters. The molecule has 0 bridgehead atoms. The van der Waals surface area contributed by atoms with Crippen molar-refractivity contribution in [1.82, 2.24) is 15.0 Å². The van der Waals surface area contributed by atoms with Crippen LogP contribution in [0.3, 0.4) is 0 Å². The number of hydrogen-bond donors (Lipinski definition) is 0. The number of para-hydroxylation sites is 3. The van der Waals surface area contributed by atoms with Gasteiger partial charge in [-0.15, -0.1) is 11.3 Å². The Balaban J connectivity index is 1.93. The minimum atomic E-state index is 0.708. The third-order valence-corrected chi connectivity index (χ3v) is 3.94. The van der Waals surface area contributed by atoms with Crippen LogP contribution < -0.4 is 0 Å². The largest absolute Gasteiger partial charge is 0.242 e. The minimum Gasteiger partial charge on any atom is -0.242 e. The van der Waals surface area contributed by atoms with Crippen molar-refractivity contribution in [1.29, 1.82) is 0 Å². The summed E-state index contributed by atoms with van der Waals surface area (Å²) in [6.45, 7) is 0. The molecule has 4 rings (SSSR count). The highest BCUT2D eigenvalue weighted by Gasteiger charge is 2.08. The number of nitrogens with zero attached hydrogens (tertiary/aromatic N) is 3. The van der Waals surface area contributed by atoms with Gasteiger partial charge < -0.3 is 0 Å². The van der Waals surface area contributed by atoms with Crippen LogP contribution in [0.4, 0.5) is 0 Å². The zero-order valence-electron chi connectivity index (χ0n) is 9.87. The van der Waals surface area contributed by atoms with Crippen molar-refractivity contribution in [2.24, 2.45) is 0 Å². The Morgan fingerprint density at radius 1 is 0.789 bits per heavy atom. The molecule has 19 heavy (non-hydrogen) atoms. The van der Waals surface area contributed by atoms with Crippen LogP contribution in [0.2, 0.25) is 0 Å². The zero-order chi connectivity index (χ0) is 12.7. The van der Waals surface area contributed by atoms with E-state index in [1.807, 2.05) is 42.5 Å². The summed E-state index contributed by atoms with van der Waals surface area (Å²) in [5.41, 5.74) is 3.42. The Morgan fingerprint density at radius 3 is 2.37 bits per heavy atom. The molecule has 0 aliphatic heterocycles. The maximum Gasteiger partial charge on any atom is 0.145 e. The summed E-state index contributed by atoms with van der Waals surface area (Å²) in [4.78, 5) is 13.5. The second kappa shape index (κ2) is 4.10. The molecule has 4 aromatic rings. The van der Waals surface area contributed by atoms with E-state index in [0.717, 1.165) is 26.3 Å². The second-order valence-corrected chi connectivity index (χ2v) is 5.19. The molecule has 0 saturated carbocycles. The van der Waals surface area contributed by atoms with Crippen LogP contribution in [0.5, 0.6) is 0 Å². The Labute approximate surface area is 113 Å². The molecule has 2 aromatic carbocycles. The maximum atomic E-state index is 4.57. The van der Waals surface area contributed by atoms with Gasteiger partial charge in [0.25, 0.3) is 0 Å². The minimum absolute atomic E-state index is 0.708. The van der Waals surface area contributed by atoms with E-state index in [9.17, 15) is 0 Å². The summed E-state index contributed by atoms with van der Waals surface area (Å²) >= 11 is 1.61. The van der Waals surface area contributed by atoms with E-state index in [2.05, 4.69) is 27.2 Å². The van der Waals surface area contributed by atoms with Crippen molar-refractivity contribution in [3.05, 3.63) is 54.7 Å². The summed E-state index contributed by atoms with van der Waals surface area (Å²) in [6, 6.07) is 15.9. The van der Waals surface area contributed by atoms with Crippen molar-refractivity contribution < 1.29 is 0 Å². The standard InChI is InChI=1S/C15H8N3S/c1-2-6-11-10(5-1)16-9-13(17-11)15-18-12-7-3-4-8-14(12)19-15/h1-8H. The molecule has 0 aliphatic carbocycles. The Kier molecular flexibility index (Phi) is 2.28. The summed E-state index contributed by atoms with van der Waals surface area (Å²) in [7, 11) is 0. The van der Waals surface area contributed by atoms with Gasteiger partial charge in [-0.1, -0.05) is 24.3 Å². The molecule has 0 saturated heterocycles. The summed E-state index contributed by atoms with van der Waals surface area (Å²) < 4.78 is 1.15. The van der Waals surface area contributed by atoms with E-state index >= 15 is 0 Å². The van der Waals surface area contributed by atoms with Crippen LogP contribution in [0.25, 0.3) is 32.0 Å². The van der Waals surface area contributed by atoms with Crippen LogP contribution in [-0.2, 0) is 0 Å². The van der Waals surface area contributed by atoms with E-state index < -0.39 is 0 Å². The summed E-state index contributed by atoms with van der Waals surface area (Å²) in [5.74, 6) is 0. The first-order valence-electron chi connectivity index (χ1n) is 5.90. The monoisotopic (exact) mass is 262 g/mol. The van der Waals surface area contributed by atoms with Crippen molar-refractivity contribution >= 4 is 32.6 Å². The van der Waals surface area contributed by atoms with E-state index in [4.69, 9.17) is 0 Å². The average Bonchev–Trinajstić information content (AvgIpc) is 2.90.